The Morgan fingerprint density at radius 2 is 1.95 bits per heavy atom. The van der Waals surface area contributed by atoms with Crippen molar-refractivity contribution in [2.75, 3.05) is 6.61 Å². The highest BCUT2D eigenvalue weighted by Crippen LogP contribution is 2.39. The van der Waals surface area contributed by atoms with Gasteiger partial charge in [-0.15, -0.1) is 0 Å². The summed E-state index contributed by atoms with van der Waals surface area (Å²) in [5, 5.41) is 0. The van der Waals surface area contributed by atoms with Crippen LogP contribution >= 0.6 is 0 Å². The van der Waals surface area contributed by atoms with Crippen LogP contribution in [0.2, 0.25) is 0 Å². The highest BCUT2D eigenvalue weighted by molar-refractivity contribution is 5.36. The molecule has 0 aliphatic heterocycles. The summed E-state index contributed by atoms with van der Waals surface area (Å²) >= 11 is 0. The Hall–Kier alpha value is -1.06. The maximum Gasteiger partial charge on any atom is 0.124 e. The van der Waals surface area contributed by atoms with E-state index in [1.807, 2.05) is 6.07 Å². The minimum atomic E-state index is 0.204. The van der Waals surface area contributed by atoms with E-state index in [1.54, 1.807) is 0 Å². The molecule has 0 heterocycles. The zero-order valence-corrected chi connectivity index (χ0v) is 12.8. The van der Waals surface area contributed by atoms with Crippen molar-refractivity contribution in [3.05, 3.63) is 29.8 Å². The number of rotatable bonds is 6. The fraction of sp³-hybridized carbons (Fsp3) is 0.647. The van der Waals surface area contributed by atoms with Gasteiger partial charge in [0.25, 0.3) is 0 Å². The molecule has 1 unspecified atom stereocenters. The molecule has 1 aromatic carbocycles. The molecule has 3 nitrogen and oxygen atoms in total. The van der Waals surface area contributed by atoms with Crippen LogP contribution in [0, 0.1) is 11.8 Å². The van der Waals surface area contributed by atoms with Crippen LogP contribution in [-0.4, -0.2) is 6.61 Å². The highest BCUT2D eigenvalue weighted by atomic mass is 16.5. The quantitative estimate of drug-likeness (QED) is 0.613. The molecule has 3 heteroatoms. The fourth-order valence-electron chi connectivity index (χ4n) is 3.18. The Morgan fingerprint density at radius 3 is 2.60 bits per heavy atom. The van der Waals surface area contributed by atoms with Gasteiger partial charge in [-0.1, -0.05) is 44.9 Å². The number of nitrogens with two attached hydrogens (primary N) is 1. The molecular weight excluding hydrogens is 248 g/mol. The van der Waals surface area contributed by atoms with Crippen molar-refractivity contribution in [3.63, 3.8) is 0 Å². The van der Waals surface area contributed by atoms with Gasteiger partial charge in [0, 0.05) is 5.56 Å². The molecule has 3 N–H and O–H groups in total. The summed E-state index contributed by atoms with van der Waals surface area (Å²) in [6.07, 6.45) is 6.13. The molecule has 112 valence electrons. The molecule has 1 aliphatic rings. The molecule has 0 amide bonds. The maximum atomic E-state index is 5.89. The second-order valence-electron chi connectivity index (χ2n) is 6.05. The van der Waals surface area contributed by atoms with Crippen molar-refractivity contribution in [3.8, 4) is 5.75 Å². The highest BCUT2D eigenvalue weighted by Gasteiger charge is 2.28. The number of hydrogen-bond acceptors (Lipinski definition) is 3. The van der Waals surface area contributed by atoms with Gasteiger partial charge < -0.3 is 4.74 Å². The van der Waals surface area contributed by atoms with E-state index in [0.29, 0.717) is 5.92 Å². The first-order valence-corrected chi connectivity index (χ1v) is 7.94. The molecular formula is C17H28N2O. The summed E-state index contributed by atoms with van der Waals surface area (Å²) in [5.41, 5.74) is 4.25. The van der Waals surface area contributed by atoms with Crippen molar-refractivity contribution in [2.24, 2.45) is 17.7 Å². The third-order valence-corrected chi connectivity index (χ3v) is 4.43. The van der Waals surface area contributed by atoms with Gasteiger partial charge in [0.15, 0.2) is 0 Å². The lowest BCUT2D eigenvalue weighted by Gasteiger charge is -2.33. The van der Waals surface area contributed by atoms with Crippen LogP contribution in [0.5, 0.6) is 5.75 Å². The van der Waals surface area contributed by atoms with Gasteiger partial charge in [-0.25, -0.2) is 0 Å². The van der Waals surface area contributed by atoms with Crippen molar-refractivity contribution < 1.29 is 4.74 Å². The van der Waals surface area contributed by atoms with Gasteiger partial charge in [-0.3, -0.25) is 11.3 Å². The largest absolute Gasteiger partial charge is 0.493 e. The SMILES string of the molecule is CCCOc1ccccc1C(NN)C1CCC(C)CC1. The number of hydrogen-bond donors (Lipinski definition) is 2. The van der Waals surface area contributed by atoms with Crippen LogP contribution in [0.4, 0.5) is 0 Å². The van der Waals surface area contributed by atoms with Crippen LogP contribution < -0.4 is 16.0 Å². The third kappa shape index (κ3) is 3.74. The summed E-state index contributed by atoms with van der Waals surface area (Å²) in [4.78, 5) is 0. The molecule has 0 spiro atoms. The lowest BCUT2D eigenvalue weighted by Crippen LogP contribution is -2.35. The Kier molecular flexibility index (Phi) is 5.86. The molecule has 1 fully saturated rings. The monoisotopic (exact) mass is 276 g/mol. The topological polar surface area (TPSA) is 47.3 Å². The molecule has 1 saturated carbocycles. The number of para-hydroxylation sites is 1. The first kappa shape index (κ1) is 15.3. The van der Waals surface area contributed by atoms with Crippen molar-refractivity contribution in [1.82, 2.24) is 5.43 Å². The summed E-state index contributed by atoms with van der Waals surface area (Å²) in [6, 6.07) is 8.51. The van der Waals surface area contributed by atoms with E-state index in [-0.39, 0.29) is 6.04 Å². The molecule has 1 aromatic rings. The van der Waals surface area contributed by atoms with E-state index in [0.717, 1.165) is 24.7 Å². The molecule has 0 aromatic heterocycles. The van der Waals surface area contributed by atoms with Gasteiger partial charge in [0.1, 0.15) is 5.75 Å². The lowest BCUT2D eigenvalue weighted by atomic mass is 9.77. The predicted molar refractivity (Wildman–Crippen MR) is 83.4 cm³/mol. The minimum absolute atomic E-state index is 0.204. The van der Waals surface area contributed by atoms with Crippen molar-refractivity contribution >= 4 is 0 Å². The Morgan fingerprint density at radius 1 is 1.25 bits per heavy atom. The Bertz CT molecular complexity index is 400. The first-order valence-electron chi connectivity index (χ1n) is 7.94. The molecule has 0 radical (unpaired) electrons. The number of nitrogens with one attached hydrogen (secondary N) is 1. The van der Waals surface area contributed by atoms with Gasteiger partial charge in [0.05, 0.1) is 12.6 Å². The Balaban J connectivity index is 2.14. The normalized spacial score (nSPS) is 24.4. The summed E-state index contributed by atoms with van der Waals surface area (Å²) < 4.78 is 5.89. The van der Waals surface area contributed by atoms with Crippen LogP contribution in [0.1, 0.15) is 57.6 Å². The van der Waals surface area contributed by atoms with E-state index in [9.17, 15) is 0 Å². The van der Waals surface area contributed by atoms with Crippen LogP contribution in [0.25, 0.3) is 0 Å². The molecule has 0 saturated heterocycles. The average Bonchev–Trinajstić information content (AvgIpc) is 2.49. The first-order chi connectivity index (χ1) is 9.76. The molecule has 1 atom stereocenters. The third-order valence-electron chi connectivity index (χ3n) is 4.43. The average molecular weight is 276 g/mol. The fourth-order valence-corrected chi connectivity index (χ4v) is 3.18. The van der Waals surface area contributed by atoms with Gasteiger partial charge in [-0.2, -0.15) is 0 Å². The van der Waals surface area contributed by atoms with E-state index < -0.39 is 0 Å². The Labute approximate surface area is 122 Å². The van der Waals surface area contributed by atoms with Gasteiger partial charge in [-0.05, 0) is 37.2 Å². The van der Waals surface area contributed by atoms with E-state index in [4.69, 9.17) is 10.6 Å². The molecule has 0 bridgehead atoms. The van der Waals surface area contributed by atoms with E-state index >= 15 is 0 Å². The maximum absolute atomic E-state index is 5.89. The van der Waals surface area contributed by atoms with E-state index in [2.05, 4.69) is 37.5 Å². The number of benzene rings is 1. The predicted octanol–water partition coefficient (Wildman–Crippen LogP) is 3.81. The van der Waals surface area contributed by atoms with Crippen LogP contribution in [0.3, 0.4) is 0 Å². The van der Waals surface area contributed by atoms with E-state index in [1.165, 1.54) is 31.2 Å². The molecule has 20 heavy (non-hydrogen) atoms. The van der Waals surface area contributed by atoms with Gasteiger partial charge in [0.2, 0.25) is 0 Å². The lowest BCUT2D eigenvalue weighted by molar-refractivity contribution is 0.226. The van der Waals surface area contributed by atoms with Gasteiger partial charge >= 0.3 is 0 Å². The second-order valence-corrected chi connectivity index (χ2v) is 6.05. The van der Waals surface area contributed by atoms with Crippen molar-refractivity contribution in [1.29, 1.82) is 0 Å². The van der Waals surface area contributed by atoms with Crippen LogP contribution in [0.15, 0.2) is 24.3 Å². The minimum Gasteiger partial charge on any atom is -0.493 e. The van der Waals surface area contributed by atoms with Crippen LogP contribution in [-0.2, 0) is 0 Å². The number of ether oxygens (including phenoxy) is 1. The second kappa shape index (κ2) is 7.65. The standard InChI is InChI=1S/C17H28N2O/c1-3-12-20-16-7-5-4-6-15(16)17(19-18)14-10-8-13(2)9-11-14/h4-7,13-14,17,19H,3,8-12,18H2,1-2H3. The summed E-state index contributed by atoms with van der Waals surface area (Å²) in [5.74, 6) is 8.32. The molecule has 1 aliphatic carbocycles. The number of hydrazine groups is 1. The zero-order chi connectivity index (χ0) is 14.4. The summed E-state index contributed by atoms with van der Waals surface area (Å²) in [6.45, 7) is 5.24. The van der Waals surface area contributed by atoms with Crippen molar-refractivity contribution in [2.45, 2.75) is 52.0 Å². The summed E-state index contributed by atoms with van der Waals surface area (Å²) in [7, 11) is 0. The molecule has 2 rings (SSSR count). The zero-order valence-electron chi connectivity index (χ0n) is 12.8. The smallest absolute Gasteiger partial charge is 0.124 e.